The molecule has 0 saturated heterocycles. The van der Waals surface area contributed by atoms with Gasteiger partial charge in [-0.1, -0.05) is 13.8 Å². The van der Waals surface area contributed by atoms with Crippen molar-refractivity contribution >= 4 is 0 Å². The van der Waals surface area contributed by atoms with Gasteiger partial charge >= 0.3 is 0 Å². The Morgan fingerprint density at radius 2 is 1.75 bits per heavy atom. The molecule has 0 aromatic carbocycles. The molecule has 0 radical (unpaired) electrons. The van der Waals surface area contributed by atoms with Gasteiger partial charge < -0.3 is 10.2 Å². The van der Waals surface area contributed by atoms with Gasteiger partial charge in [0.2, 0.25) is 0 Å². The minimum Gasteiger partial charge on any atom is -0.313 e. The fourth-order valence-electron chi connectivity index (χ4n) is 1.93. The lowest BCUT2D eigenvalue weighted by atomic mass is 10.2. The van der Waals surface area contributed by atoms with E-state index in [4.69, 9.17) is 0 Å². The zero-order valence-electron chi connectivity index (χ0n) is 12.1. The van der Waals surface area contributed by atoms with Crippen LogP contribution in [0.5, 0.6) is 0 Å². The van der Waals surface area contributed by atoms with Crippen LogP contribution in [0.3, 0.4) is 0 Å². The van der Waals surface area contributed by atoms with Gasteiger partial charge in [-0.15, -0.1) is 0 Å². The molecular weight excluding hydrogens is 198 g/mol. The second-order valence-electron chi connectivity index (χ2n) is 5.00. The maximum Gasteiger partial charge on any atom is 0.0195 e. The summed E-state index contributed by atoms with van der Waals surface area (Å²) in [7, 11) is 4.28. The zero-order chi connectivity index (χ0) is 12.6. The normalized spacial score (nSPS) is 15.8. The molecule has 16 heavy (non-hydrogen) atoms. The predicted octanol–water partition coefficient (Wildman–Crippen LogP) is 1.65. The quantitative estimate of drug-likeness (QED) is 0.648. The van der Waals surface area contributed by atoms with Crippen molar-refractivity contribution in [3.63, 3.8) is 0 Å². The smallest absolute Gasteiger partial charge is 0.0195 e. The van der Waals surface area contributed by atoms with E-state index in [9.17, 15) is 0 Å². The lowest BCUT2D eigenvalue weighted by molar-refractivity contribution is 0.180. The first-order chi connectivity index (χ1) is 7.51. The van der Waals surface area contributed by atoms with Gasteiger partial charge in [0.25, 0.3) is 0 Å². The van der Waals surface area contributed by atoms with Crippen LogP contribution in [0, 0.1) is 0 Å². The highest BCUT2D eigenvalue weighted by Gasteiger charge is 2.12. The molecule has 0 fully saturated rings. The van der Waals surface area contributed by atoms with Crippen LogP contribution in [0.4, 0.5) is 0 Å². The van der Waals surface area contributed by atoms with Crippen molar-refractivity contribution < 1.29 is 0 Å². The van der Waals surface area contributed by atoms with Gasteiger partial charge in [-0.3, -0.25) is 4.90 Å². The molecule has 2 unspecified atom stereocenters. The average molecular weight is 229 g/mol. The Bertz CT molecular complexity index is 159. The average Bonchev–Trinajstić information content (AvgIpc) is 2.22. The second-order valence-corrected chi connectivity index (χ2v) is 5.00. The third kappa shape index (κ3) is 7.20. The minimum absolute atomic E-state index is 0.638. The summed E-state index contributed by atoms with van der Waals surface area (Å²) in [5.41, 5.74) is 0. The number of nitrogens with zero attached hydrogens (tertiary/aromatic N) is 2. The van der Waals surface area contributed by atoms with Gasteiger partial charge in [-0.2, -0.15) is 0 Å². The Balaban J connectivity index is 3.81. The number of nitrogens with one attached hydrogen (secondary N) is 1. The van der Waals surface area contributed by atoms with Crippen LogP contribution in [0.1, 0.15) is 34.1 Å². The molecule has 0 aromatic rings. The van der Waals surface area contributed by atoms with Gasteiger partial charge in [0, 0.05) is 31.7 Å². The molecule has 0 spiro atoms. The van der Waals surface area contributed by atoms with Crippen molar-refractivity contribution in [1.29, 1.82) is 0 Å². The summed E-state index contributed by atoms with van der Waals surface area (Å²) in [4.78, 5) is 4.80. The fraction of sp³-hybridized carbons (Fsp3) is 1.00. The largest absolute Gasteiger partial charge is 0.313 e. The monoisotopic (exact) mass is 229 g/mol. The van der Waals surface area contributed by atoms with E-state index in [0.717, 1.165) is 26.2 Å². The van der Waals surface area contributed by atoms with E-state index in [1.807, 2.05) is 0 Å². The Morgan fingerprint density at radius 1 is 1.12 bits per heavy atom. The standard InChI is InChI=1S/C13H31N3/c1-7-12(3)14-9-10-16(8-2)13(4)11-15(5)6/h12-14H,7-11H2,1-6H3. The first-order valence-electron chi connectivity index (χ1n) is 6.63. The highest BCUT2D eigenvalue weighted by molar-refractivity contribution is 4.70. The molecule has 0 bridgehead atoms. The van der Waals surface area contributed by atoms with E-state index in [0.29, 0.717) is 12.1 Å². The molecule has 0 heterocycles. The van der Waals surface area contributed by atoms with Crippen LogP contribution >= 0.6 is 0 Å². The maximum atomic E-state index is 3.55. The number of hydrogen-bond acceptors (Lipinski definition) is 3. The SMILES string of the molecule is CCC(C)NCCN(CC)C(C)CN(C)C. The zero-order valence-corrected chi connectivity index (χ0v) is 12.1. The number of rotatable bonds is 9. The van der Waals surface area contributed by atoms with E-state index in [-0.39, 0.29) is 0 Å². The van der Waals surface area contributed by atoms with Crippen LogP contribution in [0.25, 0.3) is 0 Å². The molecule has 0 aliphatic heterocycles. The number of likely N-dealkylation sites (N-methyl/N-ethyl adjacent to an activating group) is 2. The van der Waals surface area contributed by atoms with E-state index in [1.165, 1.54) is 6.42 Å². The van der Waals surface area contributed by atoms with E-state index in [1.54, 1.807) is 0 Å². The number of hydrogen-bond donors (Lipinski definition) is 1. The molecular formula is C13H31N3. The lowest BCUT2D eigenvalue weighted by Crippen LogP contribution is -2.44. The lowest BCUT2D eigenvalue weighted by Gasteiger charge is -2.30. The van der Waals surface area contributed by atoms with Crippen LogP contribution in [0.15, 0.2) is 0 Å². The van der Waals surface area contributed by atoms with Crippen molar-refractivity contribution in [2.75, 3.05) is 40.3 Å². The van der Waals surface area contributed by atoms with Gasteiger partial charge in [0.05, 0.1) is 0 Å². The molecule has 0 aliphatic rings. The Labute approximate surface area is 102 Å². The Hall–Kier alpha value is -0.120. The van der Waals surface area contributed by atoms with E-state index < -0.39 is 0 Å². The first kappa shape index (κ1) is 15.9. The summed E-state index contributed by atoms with van der Waals surface area (Å²) in [6.45, 7) is 13.6. The Morgan fingerprint density at radius 3 is 2.19 bits per heavy atom. The summed E-state index contributed by atoms with van der Waals surface area (Å²) in [5.74, 6) is 0. The topological polar surface area (TPSA) is 18.5 Å². The molecule has 0 aliphatic carbocycles. The molecule has 0 aromatic heterocycles. The Kier molecular flexibility index (Phi) is 8.90. The summed E-state index contributed by atoms with van der Waals surface area (Å²) < 4.78 is 0. The van der Waals surface area contributed by atoms with Crippen LogP contribution in [0.2, 0.25) is 0 Å². The molecule has 3 heteroatoms. The summed E-state index contributed by atoms with van der Waals surface area (Å²) in [5, 5.41) is 3.55. The molecule has 0 rings (SSSR count). The van der Waals surface area contributed by atoms with Gasteiger partial charge in [0.1, 0.15) is 0 Å². The summed E-state index contributed by atoms with van der Waals surface area (Å²) >= 11 is 0. The van der Waals surface area contributed by atoms with Gasteiger partial charge in [-0.05, 0) is 40.9 Å². The third-order valence-corrected chi connectivity index (χ3v) is 3.16. The highest BCUT2D eigenvalue weighted by Crippen LogP contribution is 1.99. The summed E-state index contributed by atoms with van der Waals surface area (Å²) in [6.07, 6.45) is 1.21. The van der Waals surface area contributed by atoms with Gasteiger partial charge in [0.15, 0.2) is 0 Å². The van der Waals surface area contributed by atoms with Crippen LogP contribution in [-0.2, 0) is 0 Å². The van der Waals surface area contributed by atoms with Crippen LogP contribution < -0.4 is 5.32 Å². The van der Waals surface area contributed by atoms with E-state index in [2.05, 4.69) is 56.9 Å². The second kappa shape index (κ2) is 8.97. The molecule has 3 nitrogen and oxygen atoms in total. The molecule has 1 N–H and O–H groups in total. The van der Waals surface area contributed by atoms with Crippen molar-refractivity contribution in [2.24, 2.45) is 0 Å². The molecule has 98 valence electrons. The van der Waals surface area contributed by atoms with Crippen molar-refractivity contribution in [3.05, 3.63) is 0 Å². The van der Waals surface area contributed by atoms with Crippen molar-refractivity contribution in [3.8, 4) is 0 Å². The predicted molar refractivity (Wildman–Crippen MR) is 73.0 cm³/mol. The van der Waals surface area contributed by atoms with E-state index >= 15 is 0 Å². The first-order valence-corrected chi connectivity index (χ1v) is 6.63. The van der Waals surface area contributed by atoms with Crippen molar-refractivity contribution in [1.82, 2.24) is 15.1 Å². The minimum atomic E-state index is 0.638. The third-order valence-electron chi connectivity index (χ3n) is 3.16. The highest BCUT2D eigenvalue weighted by atomic mass is 15.2. The van der Waals surface area contributed by atoms with Crippen molar-refractivity contribution in [2.45, 2.75) is 46.2 Å². The van der Waals surface area contributed by atoms with Gasteiger partial charge in [-0.25, -0.2) is 0 Å². The fourth-order valence-corrected chi connectivity index (χ4v) is 1.93. The summed E-state index contributed by atoms with van der Waals surface area (Å²) in [6, 6.07) is 1.28. The molecule has 2 atom stereocenters. The van der Waals surface area contributed by atoms with Crippen LogP contribution in [-0.4, -0.2) is 62.2 Å². The molecule has 0 saturated carbocycles. The maximum absolute atomic E-state index is 3.55. The molecule has 0 amide bonds.